The van der Waals surface area contributed by atoms with Gasteiger partial charge in [-0.05, 0) is 11.6 Å². The van der Waals surface area contributed by atoms with Crippen molar-refractivity contribution in [3.8, 4) is 5.75 Å². The first-order valence-electron chi connectivity index (χ1n) is 8.18. The third-order valence-electron chi connectivity index (χ3n) is 4.63. The average Bonchev–Trinajstić information content (AvgIpc) is 3.17. The number of hydrogen-bond acceptors (Lipinski definition) is 5. The molecule has 8 nitrogen and oxygen atoms in total. The zero-order chi connectivity index (χ0) is 18.3. The summed E-state index contributed by atoms with van der Waals surface area (Å²) in [5, 5.41) is 18.7. The molecule has 4 rings (SSSR count). The largest absolute Gasteiger partial charge is 0.502 e. The number of nitrogens with zero attached hydrogens (tertiary/aromatic N) is 5. The first-order chi connectivity index (χ1) is 12.6. The van der Waals surface area contributed by atoms with Crippen molar-refractivity contribution < 1.29 is 9.90 Å². The fraction of sp³-hybridized carbons (Fsp3) is 0.222. The van der Waals surface area contributed by atoms with E-state index in [-0.39, 0.29) is 17.8 Å². The van der Waals surface area contributed by atoms with Gasteiger partial charge in [-0.1, -0.05) is 30.3 Å². The molecular weight excluding hydrogens is 334 g/mol. The molecule has 1 amide bonds. The molecule has 3 heterocycles. The van der Waals surface area contributed by atoms with Crippen LogP contribution in [-0.2, 0) is 0 Å². The minimum absolute atomic E-state index is 0.0932. The molecule has 1 N–H and O–H groups in total. The molecule has 0 saturated carbocycles. The highest BCUT2D eigenvalue weighted by atomic mass is 16.3. The van der Waals surface area contributed by atoms with Gasteiger partial charge in [-0.15, -0.1) is 0 Å². The minimum atomic E-state index is -0.672. The van der Waals surface area contributed by atoms with Gasteiger partial charge in [0.2, 0.25) is 5.43 Å². The summed E-state index contributed by atoms with van der Waals surface area (Å²) in [5.74, 6) is -1.01. The summed E-state index contributed by atoms with van der Waals surface area (Å²) >= 11 is 0. The van der Waals surface area contributed by atoms with Crippen molar-refractivity contribution in [3.63, 3.8) is 0 Å². The maximum atomic E-state index is 12.5. The van der Waals surface area contributed by atoms with Gasteiger partial charge in [-0.2, -0.15) is 10.2 Å². The number of benzene rings is 1. The van der Waals surface area contributed by atoms with E-state index < -0.39 is 17.1 Å². The standard InChI is InChI=1S/C18H17N5O3/c1-21-11-13(23-16(18(21)26)17(25)14(24)10-20-23)15(22-9-5-8-19-22)12-6-3-2-4-7-12/h2-10,13,15,25H,11H2,1H3. The molecule has 2 atom stereocenters. The Bertz CT molecular complexity index is 997. The second-order valence-electron chi connectivity index (χ2n) is 6.25. The van der Waals surface area contributed by atoms with Crippen molar-refractivity contribution in [2.45, 2.75) is 12.1 Å². The number of aromatic nitrogens is 4. The smallest absolute Gasteiger partial charge is 0.275 e. The zero-order valence-corrected chi connectivity index (χ0v) is 14.1. The van der Waals surface area contributed by atoms with Crippen LogP contribution in [0.4, 0.5) is 0 Å². The van der Waals surface area contributed by atoms with E-state index in [1.165, 1.54) is 9.58 Å². The molecule has 0 radical (unpaired) electrons. The molecule has 2 aromatic heterocycles. The maximum absolute atomic E-state index is 12.5. The van der Waals surface area contributed by atoms with E-state index in [4.69, 9.17) is 0 Å². The summed E-state index contributed by atoms with van der Waals surface area (Å²) in [6.07, 6.45) is 4.57. The average molecular weight is 351 g/mol. The van der Waals surface area contributed by atoms with Gasteiger partial charge in [0.15, 0.2) is 11.4 Å². The number of aromatic hydroxyl groups is 1. The lowest BCUT2D eigenvalue weighted by atomic mass is 9.97. The van der Waals surface area contributed by atoms with Crippen molar-refractivity contribution in [2.24, 2.45) is 0 Å². The highest BCUT2D eigenvalue weighted by Crippen LogP contribution is 2.34. The van der Waals surface area contributed by atoms with Crippen molar-refractivity contribution in [2.75, 3.05) is 13.6 Å². The SMILES string of the molecule is CN1CC(C(c2ccccc2)n2cccn2)n2ncc(=O)c(O)c2C1=O. The van der Waals surface area contributed by atoms with E-state index in [9.17, 15) is 14.7 Å². The van der Waals surface area contributed by atoms with Crippen LogP contribution in [0.15, 0.2) is 59.8 Å². The van der Waals surface area contributed by atoms with Gasteiger partial charge in [-0.3, -0.25) is 14.3 Å². The van der Waals surface area contributed by atoms with Crippen LogP contribution >= 0.6 is 0 Å². The molecule has 1 aliphatic rings. The molecule has 26 heavy (non-hydrogen) atoms. The van der Waals surface area contributed by atoms with Crippen LogP contribution in [0, 0.1) is 0 Å². The number of fused-ring (bicyclic) bond motifs is 1. The third kappa shape index (κ3) is 2.46. The van der Waals surface area contributed by atoms with E-state index in [0.717, 1.165) is 11.8 Å². The summed E-state index contributed by atoms with van der Waals surface area (Å²) in [4.78, 5) is 25.8. The van der Waals surface area contributed by atoms with E-state index in [0.29, 0.717) is 6.54 Å². The molecule has 1 aromatic carbocycles. The summed E-state index contributed by atoms with van der Waals surface area (Å²) < 4.78 is 3.24. The third-order valence-corrected chi connectivity index (χ3v) is 4.63. The second-order valence-corrected chi connectivity index (χ2v) is 6.25. The van der Waals surface area contributed by atoms with Crippen LogP contribution in [0.5, 0.6) is 5.75 Å². The minimum Gasteiger partial charge on any atom is -0.502 e. The molecule has 8 heteroatoms. The fourth-order valence-electron chi connectivity index (χ4n) is 3.41. The summed E-state index contributed by atoms with van der Waals surface area (Å²) in [6.45, 7) is 0.362. The fourth-order valence-corrected chi connectivity index (χ4v) is 3.41. The van der Waals surface area contributed by atoms with Crippen LogP contribution < -0.4 is 5.43 Å². The number of hydrogen-bond donors (Lipinski definition) is 1. The topological polar surface area (TPSA) is 93.2 Å². The van der Waals surface area contributed by atoms with Crippen LogP contribution in [0.3, 0.4) is 0 Å². The van der Waals surface area contributed by atoms with E-state index in [2.05, 4.69) is 10.2 Å². The van der Waals surface area contributed by atoms with E-state index in [1.54, 1.807) is 17.9 Å². The van der Waals surface area contributed by atoms with Crippen LogP contribution in [0.25, 0.3) is 0 Å². The van der Waals surface area contributed by atoms with Gasteiger partial charge in [0.1, 0.15) is 6.04 Å². The van der Waals surface area contributed by atoms with Crippen molar-refractivity contribution in [1.82, 2.24) is 24.5 Å². The first-order valence-corrected chi connectivity index (χ1v) is 8.18. The van der Waals surface area contributed by atoms with Crippen molar-refractivity contribution in [3.05, 3.63) is 76.5 Å². The summed E-state index contributed by atoms with van der Waals surface area (Å²) in [7, 11) is 1.64. The second kappa shape index (κ2) is 6.14. The molecule has 0 fully saturated rings. The monoisotopic (exact) mass is 351 g/mol. The van der Waals surface area contributed by atoms with Crippen LogP contribution in [-0.4, -0.2) is 49.1 Å². The molecule has 2 unspecified atom stereocenters. The molecular formula is C18H17N5O3. The number of carbonyl (C=O) groups excluding carboxylic acids is 1. The number of rotatable bonds is 3. The van der Waals surface area contributed by atoms with Gasteiger partial charge in [0.05, 0.1) is 12.2 Å². The highest BCUT2D eigenvalue weighted by Gasteiger charge is 2.38. The Morgan fingerprint density at radius 2 is 1.92 bits per heavy atom. The number of amides is 1. The molecule has 132 valence electrons. The Morgan fingerprint density at radius 1 is 1.15 bits per heavy atom. The van der Waals surface area contributed by atoms with Gasteiger partial charge in [-0.25, -0.2) is 4.68 Å². The Hall–Kier alpha value is -3.42. The number of carbonyl (C=O) groups is 1. The Kier molecular flexibility index (Phi) is 3.80. The Balaban J connectivity index is 1.93. The summed E-state index contributed by atoms with van der Waals surface area (Å²) in [6, 6.07) is 11.0. The van der Waals surface area contributed by atoms with Crippen LogP contribution in [0.2, 0.25) is 0 Å². The van der Waals surface area contributed by atoms with Crippen molar-refractivity contribution >= 4 is 5.91 Å². The predicted octanol–water partition coefficient (Wildman–Crippen LogP) is 1.06. The first kappa shape index (κ1) is 16.1. The molecule has 1 aliphatic heterocycles. The van der Waals surface area contributed by atoms with Crippen LogP contribution in [0.1, 0.15) is 28.1 Å². The van der Waals surface area contributed by atoms with Gasteiger partial charge in [0.25, 0.3) is 5.91 Å². The summed E-state index contributed by atoms with van der Waals surface area (Å²) in [5.41, 5.74) is 0.216. The molecule has 0 bridgehead atoms. The normalized spacial score (nSPS) is 17.8. The zero-order valence-electron chi connectivity index (χ0n) is 14.1. The van der Waals surface area contributed by atoms with Gasteiger partial charge < -0.3 is 10.0 Å². The Morgan fingerprint density at radius 3 is 2.62 bits per heavy atom. The molecule has 0 aliphatic carbocycles. The van der Waals surface area contributed by atoms with Gasteiger partial charge >= 0.3 is 0 Å². The lowest BCUT2D eigenvalue weighted by Crippen LogP contribution is -2.46. The predicted molar refractivity (Wildman–Crippen MR) is 93.0 cm³/mol. The van der Waals surface area contributed by atoms with Gasteiger partial charge in [0, 0.05) is 26.0 Å². The molecule has 0 spiro atoms. The lowest BCUT2D eigenvalue weighted by Gasteiger charge is -2.37. The lowest BCUT2D eigenvalue weighted by molar-refractivity contribution is 0.0667. The maximum Gasteiger partial charge on any atom is 0.275 e. The quantitative estimate of drug-likeness (QED) is 0.762. The highest BCUT2D eigenvalue weighted by molar-refractivity contribution is 5.95. The van der Waals surface area contributed by atoms with Crippen molar-refractivity contribution in [1.29, 1.82) is 0 Å². The van der Waals surface area contributed by atoms with E-state index >= 15 is 0 Å². The molecule has 0 saturated heterocycles. The van der Waals surface area contributed by atoms with E-state index in [1.807, 2.05) is 42.6 Å². The molecule has 3 aromatic rings. The Labute approximate surface area is 148 Å². The number of likely N-dealkylation sites (N-methyl/N-ethyl adjacent to an activating group) is 1.